The van der Waals surface area contributed by atoms with Gasteiger partial charge in [-0.05, 0) is 17.1 Å². The second-order valence-corrected chi connectivity index (χ2v) is 2.63. The quantitative estimate of drug-likeness (QED) is 0.537. The van der Waals surface area contributed by atoms with Crippen LogP contribution < -0.4 is 0 Å². The van der Waals surface area contributed by atoms with Crippen molar-refractivity contribution in [2.75, 3.05) is 0 Å². The van der Waals surface area contributed by atoms with Gasteiger partial charge in [-0.25, -0.2) is 0 Å². The van der Waals surface area contributed by atoms with E-state index in [9.17, 15) is 10.1 Å². The SMILES string of the molecule is O=[N+]([O-])c1coc(-c2ccccc2)n1. The van der Waals surface area contributed by atoms with Crippen LogP contribution in [-0.2, 0) is 0 Å². The largest absolute Gasteiger partial charge is 0.419 e. The van der Waals surface area contributed by atoms with E-state index in [0.717, 1.165) is 11.8 Å². The minimum atomic E-state index is -0.587. The van der Waals surface area contributed by atoms with Crippen LogP contribution in [0.25, 0.3) is 11.5 Å². The molecule has 1 aromatic carbocycles. The van der Waals surface area contributed by atoms with Gasteiger partial charge in [0.15, 0.2) is 6.26 Å². The minimum absolute atomic E-state index is 0.261. The molecule has 0 radical (unpaired) electrons. The number of aromatic nitrogens is 1. The van der Waals surface area contributed by atoms with Crippen molar-refractivity contribution in [1.29, 1.82) is 0 Å². The van der Waals surface area contributed by atoms with Gasteiger partial charge >= 0.3 is 11.7 Å². The van der Waals surface area contributed by atoms with Crippen LogP contribution in [0.4, 0.5) is 5.82 Å². The average Bonchev–Trinajstić information content (AvgIpc) is 2.68. The molecule has 0 fully saturated rings. The highest BCUT2D eigenvalue weighted by Crippen LogP contribution is 2.20. The standard InChI is InChI=1S/C9H6N2O3/c12-11(13)8-6-14-9(10-8)7-4-2-1-3-5-7/h1-6H. The van der Waals surface area contributed by atoms with Gasteiger partial charge < -0.3 is 14.5 Å². The fourth-order valence-electron chi connectivity index (χ4n) is 1.06. The summed E-state index contributed by atoms with van der Waals surface area (Å²) >= 11 is 0. The first-order valence-corrected chi connectivity index (χ1v) is 3.93. The summed E-state index contributed by atoms with van der Waals surface area (Å²) in [4.78, 5) is 13.5. The van der Waals surface area contributed by atoms with Crippen molar-refractivity contribution in [3.05, 3.63) is 46.7 Å². The lowest BCUT2D eigenvalue weighted by Gasteiger charge is -1.87. The molecule has 14 heavy (non-hydrogen) atoms. The summed E-state index contributed by atoms with van der Waals surface area (Å²) in [5.41, 5.74) is 0.723. The fraction of sp³-hybridized carbons (Fsp3) is 0. The summed E-state index contributed by atoms with van der Waals surface area (Å²) in [5, 5.41) is 10.3. The van der Waals surface area contributed by atoms with E-state index in [4.69, 9.17) is 4.42 Å². The molecule has 0 bridgehead atoms. The van der Waals surface area contributed by atoms with E-state index < -0.39 is 4.92 Å². The fourth-order valence-corrected chi connectivity index (χ4v) is 1.06. The Kier molecular flexibility index (Phi) is 1.98. The Bertz CT molecular complexity index is 450. The first-order chi connectivity index (χ1) is 6.77. The maximum atomic E-state index is 10.3. The van der Waals surface area contributed by atoms with Crippen molar-refractivity contribution in [3.63, 3.8) is 0 Å². The molecular formula is C9H6N2O3. The zero-order valence-corrected chi connectivity index (χ0v) is 7.08. The van der Waals surface area contributed by atoms with Gasteiger partial charge in [-0.1, -0.05) is 18.2 Å². The lowest BCUT2D eigenvalue weighted by Crippen LogP contribution is -1.86. The highest BCUT2D eigenvalue weighted by atomic mass is 16.6. The monoisotopic (exact) mass is 190 g/mol. The maximum Gasteiger partial charge on any atom is 0.403 e. The molecule has 5 nitrogen and oxygen atoms in total. The molecule has 0 aliphatic rings. The summed E-state index contributed by atoms with van der Waals surface area (Å²) in [5.74, 6) is -0.0128. The summed E-state index contributed by atoms with van der Waals surface area (Å²) < 4.78 is 4.96. The Balaban J connectivity index is 2.39. The van der Waals surface area contributed by atoms with Gasteiger partial charge in [0, 0.05) is 4.98 Å². The van der Waals surface area contributed by atoms with Gasteiger partial charge in [0.2, 0.25) is 0 Å². The van der Waals surface area contributed by atoms with Crippen molar-refractivity contribution >= 4 is 5.82 Å². The number of hydrogen-bond donors (Lipinski definition) is 0. The maximum absolute atomic E-state index is 10.3. The molecule has 0 spiro atoms. The van der Waals surface area contributed by atoms with Crippen LogP contribution in [0.2, 0.25) is 0 Å². The summed E-state index contributed by atoms with van der Waals surface area (Å²) in [7, 11) is 0. The minimum Gasteiger partial charge on any atom is -0.419 e. The number of benzene rings is 1. The Hall–Kier alpha value is -2.17. The third kappa shape index (κ3) is 1.47. The summed E-state index contributed by atoms with van der Waals surface area (Å²) in [6, 6.07) is 9.02. The Morgan fingerprint density at radius 1 is 1.29 bits per heavy atom. The summed E-state index contributed by atoms with van der Waals surface area (Å²) in [6.45, 7) is 0. The number of rotatable bonds is 2. The molecule has 0 unspecified atom stereocenters. The van der Waals surface area contributed by atoms with Crippen molar-refractivity contribution < 1.29 is 9.34 Å². The summed E-state index contributed by atoms with van der Waals surface area (Å²) in [6.07, 6.45) is 1.03. The van der Waals surface area contributed by atoms with E-state index in [1.807, 2.05) is 18.2 Å². The first kappa shape index (κ1) is 8.43. The molecule has 0 amide bonds. The highest BCUT2D eigenvalue weighted by molar-refractivity contribution is 5.53. The normalized spacial score (nSPS) is 10.0. The van der Waals surface area contributed by atoms with Crippen LogP contribution in [-0.4, -0.2) is 9.91 Å². The molecule has 0 atom stereocenters. The van der Waals surface area contributed by atoms with Crippen LogP contribution >= 0.6 is 0 Å². The molecule has 2 rings (SSSR count). The van der Waals surface area contributed by atoms with Crippen molar-refractivity contribution in [1.82, 2.24) is 4.98 Å². The molecular weight excluding hydrogens is 184 g/mol. The zero-order valence-electron chi connectivity index (χ0n) is 7.08. The predicted molar refractivity (Wildman–Crippen MR) is 48.6 cm³/mol. The zero-order chi connectivity index (χ0) is 9.97. The molecule has 0 saturated carbocycles. The molecule has 1 heterocycles. The van der Waals surface area contributed by atoms with E-state index in [0.29, 0.717) is 0 Å². The first-order valence-electron chi connectivity index (χ1n) is 3.93. The number of hydrogen-bond acceptors (Lipinski definition) is 4. The molecule has 2 aromatic rings. The van der Waals surface area contributed by atoms with E-state index in [1.54, 1.807) is 12.1 Å². The molecule has 0 saturated heterocycles. The van der Waals surface area contributed by atoms with E-state index in [-0.39, 0.29) is 11.7 Å². The van der Waals surface area contributed by atoms with Gasteiger partial charge in [-0.15, -0.1) is 0 Å². The van der Waals surface area contributed by atoms with E-state index in [1.165, 1.54) is 0 Å². The van der Waals surface area contributed by atoms with Crippen molar-refractivity contribution in [2.24, 2.45) is 0 Å². The van der Waals surface area contributed by atoms with Crippen LogP contribution in [0.15, 0.2) is 41.0 Å². The lowest BCUT2D eigenvalue weighted by atomic mass is 10.2. The van der Waals surface area contributed by atoms with Gasteiger partial charge in [-0.2, -0.15) is 0 Å². The van der Waals surface area contributed by atoms with Crippen LogP contribution in [0.5, 0.6) is 0 Å². The van der Waals surface area contributed by atoms with Gasteiger partial charge in [0.25, 0.3) is 0 Å². The topological polar surface area (TPSA) is 69.2 Å². The molecule has 5 heteroatoms. The Morgan fingerprint density at radius 2 is 2.00 bits per heavy atom. The average molecular weight is 190 g/mol. The van der Waals surface area contributed by atoms with Gasteiger partial charge in [0.1, 0.15) is 0 Å². The molecule has 0 aliphatic heterocycles. The van der Waals surface area contributed by atoms with Gasteiger partial charge in [0.05, 0.1) is 5.56 Å². The van der Waals surface area contributed by atoms with E-state index >= 15 is 0 Å². The molecule has 1 aromatic heterocycles. The molecule has 0 N–H and O–H groups in total. The lowest BCUT2D eigenvalue weighted by molar-refractivity contribution is -0.389. The third-order valence-corrected chi connectivity index (χ3v) is 1.70. The predicted octanol–water partition coefficient (Wildman–Crippen LogP) is 2.25. The van der Waals surface area contributed by atoms with Gasteiger partial charge in [-0.3, -0.25) is 0 Å². The van der Waals surface area contributed by atoms with Crippen molar-refractivity contribution in [3.8, 4) is 11.5 Å². The van der Waals surface area contributed by atoms with Crippen LogP contribution in [0.1, 0.15) is 0 Å². The second kappa shape index (κ2) is 3.29. The third-order valence-electron chi connectivity index (χ3n) is 1.70. The van der Waals surface area contributed by atoms with E-state index in [2.05, 4.69) is 4.98 Å². The van der Waals surface area contributed by atoms with Crippen LogP contribution in [0, 0.1) is 10.1 Å². The Morgan fingerprint density at radius 3 is 2.57 bits per heavy atom. The van der Waals surface area contributed by atoms with Crippen LogP contribution in [0.3, 0.4) is 0 Å². The molecule has 0 aliphatic carbocycles. The number of nitro groups is 1. The number of nitrogens with zero attached hydrogens (tertiary/aromatic N) is 2. The molecule has 70 valence electrons. The highest BCUT2D eigenvalue weighted by Gasteiger charge is 2.16. The number of oxazole rings is 1. The smallest absolute Gasteiger partial charge is 0.403 e. The Labute approximate surface area is 79.2 Å². The van der Waals surface area contributed by atoms with Crippen molar-refractivity contribution in [2.45, 2.75) is 0 Å². The second-order valence-electron chi connectivity index (χ2n) is 2.63.